The van der Waals surface area contributed by atoms with Crippen LogP contribution >= 0.6 is 0 Å². The summed E-state index contributed by atoms with van der Waals surface area (Å²) in [5, 5.41) is 0. The second kappa shape index (κ2) is 17.6. The van der Waals surface area contributed by atoms with E-state index in [4.69, 9.17) is 9.72 Å². The van der Waals surface area contributed by atoms with Crippen LogP contribution in [0.4, 0.5) is 11.5 Å². The molecule has 336 valence electrons. The van der Waals surface area contributed by atoms with E-state index in [0.29, 0.717) is 23.3 Å². The van der Waals surface area contributed by atoms with Gasteiger partial charge in [0.05, 0.1) is 0 Å². The van der Waals surface area contributed by atoms with E-state index in [9.17, 15) is 0 Å². The molecule has 1 saturated heterocycles. The van der Waals surface area contributed by atoms with Gasteiger partial charge < -0.3 is 4.90 Å². The number of piperidine rings is 1. The van der Waals surface area contributed by atoms with Crippen LogP contribution in [0.5, 0.6) is 11.5 Å². The Morgan fingerprint density at radius 3 is 1.87 bits per heavy atom. The van der Waals surface area contributed by atoms with Gasteiger partial charge in [-0.15, -0.1) is 0 Å². The summed E-state index contributed by atoms with van der Waals surface area (Å²) in [5.41, 5.74) is 16.0. The standard InChI is InChI=1S/C60H53N5O.Pt/c1-41-32-58(61-37-54(41)44-22-13-8-14-23-44)63-39-45-38-62(5)31-30-50(45)51-29-28-49(36-57(51)63)66-48-25-17-24-47(35-48)64-40-65(56-27-16-15-26-55(56)64)59-52(42-18-9-6-10-19-42)33-46(60(2,3)4)34-53(59)43-20-11-7-12-21-43;/h6-29,32-34,37,45,50H,30-31,38-39H2,1-5H3;/q-2;. The molecule has 11 rings (SSSR count). The van der Waals surface area contributed by atoms with E-state index in [-0.39, 0.29) is 5.41 Å². The summed E-state index contributed by atoms with van der Waals surface area (Å²) in [4.78, 5) is 9.95. The maximum absolute atomic E-state index is 6.80. The van der Waals surface area contributed by atoms with Gasteiger partial charge in [0.25, 0.3) is 0 Å². The average Bonchev–Trinajstić information content (AvgIpc) is 3.64. The number of hydrogen-bond acceptors (Lipinski definition) is 4. The molecule has 1 fully saturated rings. The summed E-state index contributed by atoms with van der Waals surface area (Å²) in [7, 11) is 2.24. The molecule has 9 aromatic rings. The Balaban J connectivity index is 1.01. The van der Waals surface area contributed by atoms with Crippen molar-refractivity contribution in [2.75, 3.05) is 31.6 Å². The van der Waals surface area contributed by atoms with Crippen molar-refractivity contribution in [3.05, 3.63) is 203 Å². The number of aryl methyl sites for hydroxylation is 1. The van der Waals surface area contributed by atoms with E-state index < -0.39 is 0 Å². The number of aromatic nitrogens is 3. The van der Waals surface area contributed by atoms with Gasteiger partial charge in [0.15, 0.2) is 0 Å². The molecule has 67 heavy (non-hydrogen) atoms. The Kier molecular flexibility index (Phi) is 11.3. The van der Waals surface area contributed by atoms with Crippen LogP contribution in [0.1, 0.15) is 49.8 Å². The molecule has 0 radical (unpaired) electrons. The third-order valence-electron chi connectivity index (χ3n) is 13.7. The summed E-state index contributed by atoms with van der Waals surface area (Å²) in [5.74, 6) is 3.16. The minimum atomic E-state index is -0.0693. The molecule has 2 unspecified atom stereocenters. The second-order valence-corrected chi connectivity index (χ2v) is 20.2. The molecule has 2 aliphatic rings. The van der Waals surface area contributed by atoms with Crippen molar-refractivity contribution in [2.45, 2.75) is 45.4 Å². The Hall–Kier alpha value is -6.59. The Morgan fingerprint density at radius 1 is 0.642 bits per heavy atom. The van der Waals surface area contributed by atoms with Gasteiger partial charge in [-0.1, -0.05) is 30.3 Å². The van der Waals surface area contributed by atoms with Crippen molar-refractivity contribution in [3.63, 3.8) is 0 Å². The minimum Gasteiger partial charge on any atom is -0.0622 e. The molecule has 2 aliphatic heterocycles. The first kappa shape index (κ1) is 43.0. The topological polar surface area (TPSA) is 38.5 Å². The van der Waals surface area contributed by atoms with Gasteiger partial charge >= 0.3 is 322 Å². The smallest absolute Gasteiger partial charge is 0.0622 e. The van der Waals surface area contributed by atoms with Crippen molar-refractivity contribution in [2.24, 2.45) is 5.92 Å². The molecule has 7 aromatic carbocycles. The van der Waals surface area contributed by atoms with Crippen LogP contribution < -0.4 is 9.64 Å². The van der Waals surface area contributed by atoms with Crippen LogP contribution in [0.15, 0.2) is 170 Å². The molecule has 0 aliphatic carbocycles. The van der Waals surface area contributed by atoms with Crippen molar-refractivity contribution in [3.8, 4) is 56.3 Å². The van der Waals surface area contributed by atoms with Crippen LogP contribution in [0, 0.1) is 28.8 Å². The Labute approximate surface area is 405 Å². The first-order chi connectivity index (χ1) is 32.6. The number of imidazole rings is 1. The average molecular weight is 1060 g/mol. The molecule has 6 nitrogen and oxygen atoms in total. The number of nitrogens with zero attached hydrogens (tertiary/aromatic N) is 5. The second-order valence-electron chi connectivity index (χ2n) is 19.2. The van der Waals surface area contributed by atoms with Gasteiger partial charge in [-0.05, 0) is 31.6 Å². The van der Waals surface area contributed by atoms with Crippen LogP contribution in [-0.4, -0.2) is 45.7 Å². The summed E-state index contributed by atoms with van der Waals surface area (Å²) >= 11 is 2.51. The maximum atomic E-state index is 6.80. The van der Waals surface area contributed by atoms with Gasteiger partial charge in [0, 0.05) is 18.3 Å². The van der Waals surface area contributed by atoms with Crippen LogP contribution in [0.25, 0.3) is 55.8 Å². The van der Waals surface area contributed by atoms with E-state index in [1.165, 1.54) is 44.5 Å². The fraction of sp³-hybridized carbons (Fsp3) is 0.200. The molecule has 7 heteroatoms. The number of anilines is 2. The van der Waals surface area contributed by atoms with E-state index in [1.807, 2.05) is 12.3 Å². The summed E-state index contributed by atoms with van der Waals surface area (Å²) < 4.78 is 12.6. The van der Waals surface area contributed by atoms with Gasteiger partial charge in [0.1, 0.15) is 0 Å². The van der Waals surface area contributed by atoms with E-state index in [2.05, 4.69) is 243 Å². The molecule has 0 bridgehead atoms. The number of ether oxygens (including phenoxy) is 1. The third kappa shape index (κ3) is 8.11. The van der Waals surface area contributed by atoms with Crippen molar-refractivity contribution in [1.82, 2.24) is 19.0 Å². The first-order valence-electron chi connectivity index (χ1n) is 23.3. The third-order valence-corrected chi connectivity index (χ3v) is 14.7. The molecule has 0 saturated carbocycles. The van der Waals surface area contributed by atoms with E-state index in [0.717, 1.165) is 69.3 Å². The molecular weight excluding hydrogens is 1000 g/mol. The van der Waals surface area contributed by atoms with Gasteiger partial charge in [-0.2, -0.15) is 0 Å². The van der Waals surface area contributed by atoms with Crippen molar-refractivity contribution < 1.29 is 24.1 Å². The fourth-order valence-corrected chi connectivity index (χ4v) is 11.4. The van der Waals surface area contributed by atoms with E-state index in [1.54, 1.807) is 0 Å². The molecule has 2 aromatic heterocycles. The minimum absolute atomic E-state index is 0.0693. The first-order valence-corrected chi connectivity index (χ1v) is 24.5. The van der Waals surface area contributed by atoms with Crippen molar-refractivity contribution >= 4 is 22.5 Å². The number of para-hydroxylation sites is 2. The summed E-state index contributed by atoms with van der Waals surface area (Å²) in [6, 6.07) is 65.9. The SMILES string of the molecule is Cc1cc(N2CC3CN(C)CCC3c3ccc(Oc4[c-]c(-n5[c](=[Pt])n(-c6c(-c7ccccc7)cc(C(C)(C)C)cc6-c6ccccc6)c6ccccc65)ccc4)[c-]c32)ncc1-c1ccccc1. The quantitative estimate of drug-likeness (QED) is 0.142. The predicted octanol–water partition coefficient (Wildman–Crippen LogP) is 14.1. The zero-order valence-electron chi connectivity index (χ0n) is 38.6. The van der Waals surface area contributed by atoms with Crippen molar-refractivity contribution in [1.29, 1.82) is 0 Å². The number of likely N-dealkylation sites (tertiary alicyclic amines) is 1. The Morgan fingerprint density at radius 2 is 1.24 bits per heavy atom. The summed E-state index contributed by atoms with van der Waals surface area (Å²) in [6.07, 6.45) is 3.15. The number of fused-ring (bicyclic) bond motifs is 4. The molecule has 0 amide bonds. The predicted molar refractivity (Wildman–Crippen MR) is 269 cm³/mol. The fourth-order valence-electron chi connectivity index (χ4n) is 10.3. The van der Waals surface area contributed by atoms with Gasteiger partial charge in [-0.3, -0.25) is 0 Å². The summed E-state index contributed by atoms with van der Waals surface area (Å²) in [6.45, 7) is 12.1. The number of rotatable bonds is 8. The zero-order chi connectivity index (χ0) is 45.8. The van der Waals surface area contributed by atoms with Gasteiger partial charge in [-0.25, -0.2) is 0 Å². The zero-order valence-corrected chi connectivity index (χ0v) is 40.9. The van der Waals surface area contributed by atoms with Crippen LogP contribution in [-0.2, 0) is 24.8 Å². The van der Waals surface area contributed by atoms with Crippen LogP contribution in [0.2, 0.25) is 0 Å². The monoisotopic (exact) mass is 1050 g/mol. The molecule has 0 spiro atoms. The molecule has 0 N–H and O–H groups in total. The number of hydrogen-bond donors (Lipinski definition) is 0. The van der Waals surface area contributed by atoms with Gasteiger partial charge in [0.2, 0.25) is 0 Å². The molecule has 4 heterocycles. The number of benzene rings is 7. The molecule has 2 atom stereocenters. The normalized spacial score (nSPS) is 16.2. The molecular formula is C60H53N5OPt-2. The number of pyridine rings is 1. The van der Waals surface area contributed by atoms with E-state index >= 15 is 0 Å². The Bertz CT molecular complexity index is 3270. The van der Waals surface area contributed by atoms with Crippen LogP contribution in [0.3, 0.4) is 0 Å².